The van der Waals surface area contributed by atoms with E-state index in [0.717, 1.165) is 23.7 Å². The molecule has 0 aliphatic heterocycles. The average Bonchev–Trinajstić information content (AvgIpc) is 2.59. The van der Waals surface area contributed by atoms with Crippen LogP contribution in [0.25, 0.3) is 0 Å². The van der Waals surface area contributed by atoms with Crippen molar-refractivity contribution in [2.24, 2.45) is 0 Å². The molecule has 1 heterocycles. The van der Waals surface area contributed by atoms with Gasteiger partial charge in [0.15, 0.2) is 0 Å². The summed E-state index contributed by atoms with van der Waals surface area (Å²) in [4.78, 5) is 15.7. The van der Waals surface area contributed by atoms with Gasteiger partial charge in [-0.25, -0.2) is 4.98 Å². The number of thiazole rings is 1. The quantitative estimate of drug-likeness (QED) is 0.756. The molecule has 1 aromatic heterocycles. The standard InChI is InChI=1S/C11H18N2OS/c1-3-4-5-6-12-11(14)7-10-8-15-9(2)13-10/h8H,3-7H2,1-2H3,(H,12,14). The number of aryl methyl sites for hydroxylation is 1. The number of carbonyl (C=O) groups excluding carboxylic acids is 1. The summed E-state index contributed by atoms with van der Waals surface area (Å²) in [5, 5.41) is 5.86. The van der Waals surface area contributed by atoms with Gasteiger partial charge < -0.3 is 5.32 Å². The lowest BCUT2D eigenvalue weighted by Gasteiger charge is -2.02. The van der Waals surface area contributed by atoms with Gasteiger partial charge in [-0.1, -0.05) is 19.8 Å². The predicted octanol–water partition coefficient (Wildman–Crippen LogP) is 2.30. The lowest BCUT2D eigenvalue weighted by molar-refractivity contribution is -0.120. The minimum Gasteiger partial charge on any atom is -0.356 e. The van der Waals surface area contributed by atoms with Gasteiger partial charge >= 0.3 is 0 Å². The Morgan fingerprint density at radius 1 is 1.53 bits per heavy atom. The summed E-state index contributed by atoms with van der Waals surface area (Å²) in [6, 6.07) is 0. The molecule has 1 amide bonds. The number of amides is 1. The summed E-state index contributed by atoms with van der Waals surface area (Å²) in [5.74, 6) is 0.0800. The summed E-state index contributed by atoms with van der Waals surface area (Å²) in [7, 11) is 0. The molecule has 0 fully saturated rings. The predicted molar refractivity (Wildman–Crippen MR) is 63.1 cm³/mol. The van der Waals surface area contributed by atoms with Gasteiger partial charge in [0, 0.05) is 11.9 Å². The van der Waals surface area contributed by atoms with E-state index < -0.39 is 0 Å². The molecule has 1 N–H and O–H groups in total. The van der Waals surface area contributed by atoms with E-state index in [-0.39, 0.29) is 5.91 Å². The summed E-state index contributed by atoms with van der Waals surface area (Å²) in [5.41, 5.74) is 0.880. The van der Waals surface area contributed by atoms with E-state index in [4.69, 9.17) is 0 Å². The zero-order chi connectivity index (χ0) is 11.1. The average molecular weight is 226 g/mol. The zero-order valence-corrected chi connectivity index (χ0v) is 10.2. The van der Waals surface area contributed by atoms with Crippen LogP contribution in [0, 0.1) is 6.92 Å². The Labute approximate surface area is 94.9 Å². The molecule has 15 heavy (non-hydrogen) atoms. The number of aromatic nitrogens is 1. The highest BCUT2D eigenvalue weighted by Gasteiger charge is 2.05. The molecule has 0 aliphatic carbocycles. The Morgan fingerprint density at radius 2 is 2.33 bits per heavy atom. The van der Waals surface area contributed by atoms with E-state index >= 15 is 0 Å². The molecule has 1 aromatic rings. The van der Waals surface area contributed by atoms with Crippen LogP contribution in [0.5, 0.6) is 0 Å². The third-order valence-corrected chi connectivity index (χ3v) is 2.93. The number of unbranched alkanes of at least 4 members (excludes halogenated alkanes) is 2. The molecule has 84 valence electrons. The monoisotopic (exact) mass is 226 g/mol. The summed E-state index contributed by atoms with van der Waals surface area (Å²) in [6.07, 6.45) is 3.84. The highest BCUT2D eigenvalue weighted by atomic mass is 32.1. The van der Waals surface area contributed by atoms with Crippen LogP contribution >= 0.6 is 11.3 Å². The minimum atomic E-state index is 0.0800. The molecule has 0 saturated heterocycles. The highest BCUT2D eigenvalue weighted by Crippen LogP contribution is 2.08. The van der Waals surface area contributed by atoms with Gasteiger partial charge in [0.1, 0.15) is 0 Å². The maximum Gasteiger partial charge on any atom is 0.226 e. The van der Waals surface area contributed by atoms with Crippen molar-refractivity contribution in [3.8, 4) is 0 Å². The fraction of sp³-hybridized carbons (Fsp3) is 0.636. The van der Waals surface area contributed by atoms with Gasteiger partial charge in [0.2, 0.25) is 5.91 Å². The SMILES string of the molecule is CCCCCNC(=O)Cc1csc(C)n1. The summed E-state index contributed by atoms with van der Waals surface area (Å²) >= 11 is 1.59. The lowest BCUT2D eigenvalue weighted by Crippen LogP contribution is -2.26. The minimum absolute atomic E-state index is 0.0800. The third-order valence-electron chi connectivity index (χ3n) is 2.11. The van der Waals surface area contributed by atoms with Gasteiger partial charge in [0.25, 0.3) is 0 Å². The number of nitrogens with zero attached hydrogens (tertiary/aromatic N) is 1. The first-order chi connectivity index (χ1) is 7.22. The second-order valence-corrected chi connectivity index (χ2v) is 4.65. The molecular formula is C11H18N2OS. The lowest BCUT2D eigenvalue weighted by atomic mass is 10.2. The molecule has 3 nitrogen and oxygen atoms in total. The largest absolute Gasteiger partial charge is 0.356 e. The molecule has 1 rings (SSSR count). The van der Waals surface area contributed by atoms with Gasteiger partial charge in [-0.3, -0.25) is 4.79 Å². The Kier molecular flexibility index (Phi) is 5.32. The molecule has 0 radical (unpaired) electrons. The highest BCUT2D eigenvalue weighted by molar-refractivity contribution is 7.09. The normalized spacial score (nSPS) is 10.3. The number of rotatable bonds is 6. The first-order valence-corrected chi connectivity index (χ1v) is 6.28. The summed E-state index contributed by atoms with van der Waals surface area (Å²) < 4.78 is 0. The fourth-order valence-electron chi connectivity index (χ4n) is 1.32. The van der Waals surface area contributed by atoms with Crippen molar-refractivity contribution in [1.29, 1.82) is 0 Å². The number of hydrogen-bond donors (Lipinski definition) is 1. The molecule has 4 heteroatoms. The van der Waals surface area contributed by atoms with Crippen molar-refractivity contribution >= 4 is 17.2 Å². The maximum atomic E-state index is 11.4. The van der Waals surface area contributed by atoms with E-state index in [1.807, 2.05) is 12.3 Å². The molecule has 0 spiro atoms. The maximum absolute atomic E-state index is 11.4. The van der Waals surface area contributed by atoms with Gasteiger partial charge in [-0.05, 0) is 13.3 Å². The molecule has 0 aromatic carbocycles. The number of carbonyl (C=O) groups is 1. The van der Waals surface area contributed by atoms with Crippen LogP contribution < -0.4 is 5.32 Å². The van der Waals surface area contributed by atoms with Gasteiger partial charge in [0.05, 0.1) is 17.1 Å². The zero-order valence-electron chi connectivity index (χ0n) is 9.38. The second-order valence-electron chi connectivity index (χ2n) is 3.59. The van der Waals surface area contributed by atoms with E-state index in [0.29, 0.717) is 6.42 Å². The van der Waals surface area contributed by atoms with Crippen molar-refractivity contribution in [3.63, 3.8) is 0 Å². The van der Waals surface area contributed by atoms with E-state index in [1.165, 1.54) is 12.8 Å². The fourth-order valence-corrected chi connectivity index (χ4v) is 1.93. The molecular weight excluding hydrogens is 208 g/mol. The van der Waals surface area contributed by atoms with Crippen molar-refractivity contribution in [3.05, 3.63) is 16.1 Å². The molecule has 0 aliphatic rings. The Hall–Kier alpha value is -0.900. The molecule has 0 atom stereocenters. The van der Waals surface area contributed by atoms with Crippen LogP contribution in [0.3, 0.4) is 0 Å². The van der Waals surface area contributed by atoms with Crippen LogP contribution in [0.1, 0.15) is 36.9 Å². The third kappa shape index (κ3) is 4.93. The molecule has 0 bridgehead atoms. The first kappa shape index (κ1) is 12.2. The van der Waals surface area contributed by atoms with Crippen molar-refractivity contribution in [2.75, 3.05) is 6.54 Å². The van der Waals surface area contributed by atoms with Crippen molar-refractivity contribution in [2.45, 2.75) is 39.5 Å². The Morgan fingerprint density at radius 3 is 2.93 bits per heavy atom. The van der Waals surface area contributed by atoms with Crippen molar-refractivity contribution < 1.29 is 4.79 Å². The van der Waals surface area contributed by atoms with Crippen molar-refractivity contribution in [1.82, 2.24) is 10.3 Å². The van der Waals surface area contributed by atoms with Crippen LogP contribution in [-0.2, 0) is 11.2 Å². The topological polar surface area (TPSA) is 42.0 Å². The molecule has 0 unspecified atom stereocenters. The summed E-state index contributed by atoms with van der Waals surface area (Å²) in [6.45, 7) is 4.89. The number of hydrogen-bond acceptors (Lipinski definition) is 3. The van der Waals surface area contributed by atoms with Gasteiger partial charge in [-0.2, -0.15) is 0 Å². The van der Waals surface area contributed by atoms with Crippen LogP contribution in [0.15, 0.2) is 5.38 Å². The van der Waals surface area contributed by atoms with E-state index in [9.17, 15) is 4.79 Å². The van der Waals surface area contributed by atoms with Gasteiger partial charge in [-0.15, -0.1) is 11.3 Å². The molecule has 0 saturated carbocycles. The van der Waals surface area contributed by atoms with Crippen LogP contribution in [0.2, 0.25) is 0 Å². The van der Waals surface area contributed by atoms with Crippen LogP contribution in [0.4, 0.5) is 0 Å². The van der Waals surface area contributed by atoms with E-state index in [2.05, 4.69) is 17.2 Å². The smallest absolute Gasteiger partial charge is 0.226 e. The van der Waals surface area contributed by atoms with Crippen LogP contribution in [-0.4, -0.2) is 17.4 Å². The number of nitrogens with one attached hydrogen (secondary N) is 1. The Balaban J connectivity index is 2.18. The first-order valence-electron chi connectivity index (χ1n) is 5.40. The second kappa shape index (κ2) is 6.56. The Bertz CT molecular complexity index is 309. The van der Waals surface area contributed by atoms with E-state index in [1.54, 1.807) is 11.3 Å².